The van der Waals surface area contributed by atoms with E-state index < -0.39 is 6.04 Å². The Balaban J connectivity index is 1.46. The van der Waals surface area contributed by atoms with Crippen LogP contribution in [-0.2, 0) is 17.8 Å². The monoisotopic (exact) mass is 413 g/mol. The first-order valence-corrected chi connectivity index (χ1v) is 10.9. The van der Waals surface area contributed by atoms with Crippen LogP contribution in [0.5, 0.6) is 0 Å². The number of amides is 2. The summed E-state index contributed by atoms with van der Waals surface area (Å²) in [5.74, 6) is -0.179. The van der Waals surface area contributed by atoms with Crippen LogP contribution in [-0.4, -0.2) is 27.7 Å². The summed E-state index contributed by atoms with van der Waals surface area (Å²) in [6.45, 7) is 0.480. The number of thiophene rings is 1. The minimum Gasteiger partial charge on any atom is -0.356 e. The Morgan fingerprint density at radius 2 is 1.93 bits per heavy atom. The summed E-state index contributed by atoms with van der Waals surface area (Å²) in [6.07, 6.45) is 0.506. The van der Waals surface area contributed by atoms with E-state index in [0.717, 1.165) is 32.6 Å². The van der Waals surface area contributed by atoms with Crippen LogP contribution >= 0.6 is 11.3 Å². The van der Waals surface area contributed by atoms with E-state index in [-0.39, 0.29) is 17.9 Å². The number of para-hydroxylation sites is 1. The fraction of sp³-hybridized carbons (Fsp3) is 0.167. The van der Waals surface area contributed by atoms with Gasteiger partial charge in [-0.05, 0) is 34.7 Å². The number of nitrogens with zero attached hydrogens (tertiary/aromatic N) is 1. The van der Waals surface area contributed by atoms with Crippen LogP contribution in [0.2, 0.25) is 0 Å². The summed E-state index contributed by atoms with van der Waals surface area (Å²) in [5.41, 5.74) is 4.85. The predicted molar refractivity (Wildman–Crippen MR) is 116 cm³/mol. The number of fused-ring (bicyclic) bond motifs is 7. The van der Waals surface area contributed by atoms with Gasteiger partial charge in [-0.1, -0.05) is 42.5 Å². The van der Waals surface area contributed by atoms with Gasteiger partial charge in [-0.25, -0.2) is 0 Å². The molecule has 5 nitrogen and oxygen atoms in total. The van der Waals surface area contributed by atoms with E-state index in [1.165, 1.54) is 0 Å². The molecule has 2 aliphatic rings. The lowest BCUT2D eigenvalue weighted by molar-refractivity contribution is -0.126. The van der Waals surface area contributed by atoms with E-state index in [1.807, 2.05) is 60.0 Å². The molecule has 2 atom stereocenters. The highest BCUT2D eigenvalue weighted by molar-refractivity contribution is 7.09. The Hall–Kier alpha value is -3.38. The third kappa shape index (κ3) is 2.47. The second-order valence-corrected chi connectivity index (χ2v) is 8.81. The van der Waals surface area contributed by atoms with Crippen molar-refractivity contribution in [2.45, 2.75) is 25.0 Å². The Kier molecular flexibility index (Phi) is 3.83. The first-order valence-electron chi connectivity index (χ1n) is 10.0. The summed E-state index contributed by atoms with van der Waals surface area (Å²) in [6, 6.07) is 19.0. The molecular weight excluding hydrogens is 394 g/mol. The third-order valence-electron chi connectivity index (χ3n) is 6.17. The molecule has 0 bridgehead atoms. The average Bonchev–Trinajstić information content (AvgIpc) is 3.49. The molecule has 2 amide bonds. The van der Waals surface area contributed by atoms with Gasteiger partial charge in [-0.2, -0.15) is 0 Å². The highest BCUT2D eigenvalue weighted by Crippen LogP contribution is 2.46. The second-order valence-electron chi connectivity index (χ2n) is 7.78. The molecule has 0 spiro atoms. The minimum atomic E-state index is -0.540. The van der Waals surface area contributed by atoms with Gasteiger partial charge in [0.25, 0.3) is 5.91 Å². The summed E-state index contributed by atoms with van der Waals surface area (Å²) < 4.78 is 0. The van der Waals surface area contributed by atoms with Crippen molar-refractivity contribution in [3.05, 3.63) is 93.3 Å². The van der Waals surface area contributed by atoms with E-state index in [2.05, 4.69) is 16.4 Å². The molecule has 0 saturated carbocycles. The molecule has 6 heteroatoms. The van der Waals surface area contributed by atoms with Crippen molar-refractivity contribution in [1.82, 2.24) is 15.2 Å². The maximum atomic E-state index is 13.3. The van der Waals surface area contributed by atoms with Gasteiger partial charge < -0.3 is 15.2 Å². The lowest BCUT2D eigenvalue weighted by atomic mass is 9.90. The van der Waals surface area contributed by atoms with Gasteiger partial charge in [0.05, 0.1) is 12.6 Å². The molecule has 0 radical (unpaired) electrons. The average molecular weight is 414 g/mol. The number of H-pyrrole nitrogens is 1. The van der Waals surface area contributed by atoms with Crippen molar-refractivity contribution < 1.29 is 9.59 Å². The number of carbonyl (C=O) groups is 2. The number of rotatable bonds is 3. The van der Waals surface area contributed by atoms with Crippen molar-refractivity contribution in [3.63, 3.8) is 0 Å². The van der Waals surface area contributed by atoms with Crippen molar-refractivity contribution in [2.75, 3.05) is 0 Å². The van der Waals surface area contributed by atoms with E-state index >= 15 is 0 Å². The van der Waals surface area contributed by atoms with Crippen molar-refractivity contribution in [2.24, 2.45) is 0 Å². The van der Waals surface area contributed by atoms with E-state index in [4.69, 9.17) is 0 Å². The molecule has 148 valence electrons. The lowest BCUT2D eigenvalue weighted by Gasteiger charge is -2.37. The molecule has 0 saturated heterocycles. The first kappa shape index (κ1) is 17.5. The zero-order valence-electron chi connectivity index (χ0n) is 16.1. The highest BCUT2D eigenvalue weighted by Gasteiger charge is 2.48. The largest absolute Gasteiger partial charge is 0.356 e. The molecule has 30 heavy (non-hydrogen) atoms. The SMILES string of the molecule is O=C(NCc1cccs1)[C@@H]1Cc2c([nH]c3ccccc23)[C@@H]2c3ccccc3C(=O)N21. The number of hydrogen-bond acceptors (Lipinski definition) is 3. The maximum absolute atomic E-state index is 13.3. The molecule has 0 fully saturated rings. The molecule has 2 aromatic heterocycles. The summed E-state index contributed by atoms with van der Waals surface area (Å²) in [5, 5.41) is 6.18. The summed E-state index contributed by atoms with van der Waals surface area (Å²) >= 11 is 1.61. The van der Waals surface area contributed by atoms with Crippen molar-refractivity contribution in [3.8, 4) is 0 Å². The minimum absolute atomic E-state index is 0.0730. The molecule has 0 aliphatic carbocycles. The van der Waals surface area contributed by atoms with Crippen LogP contribution in [0, 0.1) is 0 Å². The fourth-order valence-electron chi connectivity index (χ4n) is 4.84. The van der Waals surface area contributed by atoms with E-state index in [9.17, 15) is 9.59 Å². The van der Waals surface area contributed by atoms with Crippen molar-refractivity contribution >= 4 is 34.1 Å². The Bertz CT molecular complexity index is 1290. The summed E-state index contributed by atoms with van der Waals surface area (Å²) in [4.78, 5) is 33.0. The Morgan fingerprint density at radius 1 is 1.10 bits per heavy atom. The maximum Gasteiger partial charge on any atom is 0.255 e. The number of aromatic nitrogens is 1. The van der Waals surface area contributed by atoms with Crippen LogP contribution in [0.4, 0.5) is 0 Å². The van der Waals surface area contributed by atoms with Crippen LogP contribution in [0.25, 0.3) is 10.9 Å². The number of nitrogens with one attached hydrogen (secondary N) is 2. The number of aromatic amines is 1. The van der Waals surface area contributed by atoms with Gasteiger partial charge in [0.2, 0.25) is 5.91 Å². The van der Waals surface area contributed by atoms with Gasteiger partial charge >= 0.3 is 0 Å². The standard InChI is InChI=1S/C24H19N3O2S/c28-23(25-13-14-6-5-11-30-14)20-12-18-15-7-3-4-10-19(15)26-21(18)22-16-8-1-2-9-17(16)24(29)27(20)22/h1-11,20,22,26H,12-13H2,(H,25,28)/t20-,22-/m0/s1. The smallest absolute Gasteiger partial charge is 0.255 e. The first-order chi connectivity index (χ1) is 14.7. The van der Waals surface area contributed by atoms with Crippen molar-refractivity contribution in [1.29, 1.82) is 0 Å². The van der Waals surface area contributed by atoms with Crippen LogP contribution in [0.15, 0.2) is 66.0 Å². The zero-order chi connectivity index (χ0) is 20.2. The molecule has 2 aromatic carbocycles. The lowest BCUT2D eigenvalue weighted by Crippen LogP contribution is -2.52. The number of benzene rings is 2. The quantitative estimate of drug-likeness (QED) is 0.533. The Morgan fingerprint density at radius 3 is 2.80 bits per heavy atom. The zero-order valence-corrected chi connectivity index (χ0v) is 16.9. The third-order valence-corrected chi connectivity index (χ3v) is 7.05. The van der Waals surface area contributed by atoms with Crippen LogP contribution < -0.4 is 5.32 Å². The predicted octanol–water partition coefficient (Wildman–Crippen LogP) is 4.02. The molecule has 4 aromatic rings. The van der Waals surface area contributed by atoms with E-state index in [1.54, 1.807) is 16.2 Å². The molecule has 4 heterocycles. The van der Waals surface area contributed by atoms with Gasteiger partial charge in [0.15, 0.2) is 0 Å². The topological polar surface area (TPSA) is 65.2 Å². The molecule has 6 rings (SSSR count). The summed E-state index contributed by atoms with van der Waals surface area (Å²) in [7, 11) is 0. The van der Waals surface area contributed by atoms with Gasteiger partial charge in [-0.15, -0.1) is 11.3 Å². The number of hydrogen-bond donors (Lipinski definition) is 2. The Labute approximate surface area is 177 Å². The highest BCUT2D eigenvalue weighted by atomic mass is 32.1. The molecular formula is C24H19N3O2S. The molecule has 0 unspecified atom stereocenters. The molecule has 2 aliphatic heterocycles. The number of carbonyl (C=O) groups excluding carboxylic acids is 2. The fourth-order valence-corrected chi connectivity index (χ4v) is 5.49. The van der Waals surface area contributed by atoms with Gasteiger partial charge in [-0.3, -0.25) is 9.59 Å². The second kappa shape index (κ2) is 6.57. The van der Waals surface area contributed by atoms with Crippen LogP contribution in [0.1, 0.15) is 38.1 Å². The van der Waals surface area contributed by atoms with Gasteiger partial charge in [0.1, 0.15) is 6.04 Å². The van der Waals surface area contributed by atoms with E-state index in [0.29, 0.717) is 18.5 Å². The van der Waals surface area contributed by atoms with Gasteiger partial charge in [0, 0.05) is 33.5 Å². The van der Waals surface area contributed by atoms with Crippen LogP contribution in [0.3, 0.4) is 0 Å². The molecule has 2 N–H and O–H groups in total. The normalized spacial score (nSPS) is 19.5.